The highest BCUT2D eigenvalue weighted by Crippen LogP contribution is 2.23. The Labute approximate surface area is 159 Å². The number of carbonyl (C=O) groups excluding carboxylic acids is 2. The lowest BCUT2D eigenvalue weighted by molar-refractivity contribution is -0.136. The van der Waals surface area contributed by atoms with Gasteiger partial charge in [0, 0.05) is 26.1 Å². The van der Waals surface area contributed by atoms with Gasteiger partial charge in [-0.05, 0) is 36.2 Å². The molecular formula is C21H23N3O3. The van der Waals surface area contributed by atoms with E-state index in [-0.39, 0.29) is 24.2 Å². The molecule has 6 heteroatoms. The van der Waals surface area contributed by atoms with Crippen LogP contribution in [0.4, 0.5) is 0 Å². The van der Waals surface area contributed by atoms with E-state index >= 15 is 0 Å². The highest BCUT2D eigenvalue weighted by Gasteiger charge is 2.36. The van der Waals surface area contributed by atoms with Crippen LogP contribution in [0.3, 0.4) is 0 Å². The van der Waals surface area contributed by atoms with Crippen molar-refractivity contribution in [2.45, 2.75) is 32.9 Å². The summed E-state index contributed by atoms with van der Waals surface area (Å²) < 4.78 is 5.31. The zero-order chi connectivity index (χ0) is 19.2. The third-order valence-corrected chi connectivity index (χ3v) is 4.75. The fourth-order valence-electron chi connectivity index (χ4n) is 3.38. The molecule has 0 saturated carbocycles. The molecule has 140 valence electrons. The fraction of sp³-hybridized carbons (Fsp3) is 0.381. The van der Waals surface area contributed by atoms with Crippen LogP contribution in [0.25, 0.3) is 0 Å². The van der Waals surface area contributed by atoms with Crippen LogP contribution in [0.5, 0.6) is 0 Å². The Balaban J connectivity index is 1.65. The minimum Gasteiger partial charge on any atom is -0.467 e. The van der Waals surface area contributed by atoms with E-state index in [0.29, 0.717) is 31.7 Å². The molecule has 1 aliphatic heterocycles. The summed E-state index contributed by atoms with van der Waals surface area (Å²) in [5, 5.41) is 8.91. The Kier molecular flexibility index (Phi) is 5.92. The van der Waals surface area contributed by atoms with Gasteiger partial charge in [-0.3, -0.25) is 9.59 Å². The van der Waals surface area contributed by atoms with Crippen LogP contribution in [-0.2, 0) is 22.7 Å². The third-order valence-electron chi connectivity index (χ3n) is 4.75. The maximum absolute atomic E-state index is 13.0. The molecule has 0 aliphatic carbocycles. The Bertz CT molecular complexity index is 821. The van der Waals surface area contributed by atoms with Gasteiger partial charge in [0.05, 0.1) is 30.4 Å². The van der Waals surface area contributed by atoms with Crippen LogP contribution >= 0.6 is 0 Å². The monoisotopic (exact) mass is 365 g/mol. The van der Waals surface area contributed by atoms with E-state index in [9.17, 15) is 9.59 Å². The number of nitriles is 1. The molecule has 0 spiro atoms. The summed E-state index contributed by atoms with van der Waals surface area (Å²) >= 11 is 0. The van der Waals surface area contributed by atoms with Crippen molar-refractivity contribution in [3.8, 4) is 6.07 Å². The average molecular weight is 365 g/mol. The Hall–Kier alpha value is -3.07. The molecule has 0 bridgehead atoms. The van der Waals surface area contributed by atoms with Crippen molar-refractivity contribution in [3.63, 3.8) is 0 Å². The van der Waals surface area contributed by atoms with Gasteiger partial charge in [0.2, 0.25) is 11.8 Å². The van der Waals surface area contributed by atoms with Crippen LogP contribution < -0.4 is 0 Å². The van der Waals surface area contributed by atoms with E-state index in [0.717, 1.165) is 17.7 Å². The first-order chi connectivity index (χ1) is 13.1. The topological polar surface area (TPSA) is 77.5 Å². The van der Waals surface area contributed by atoms with Crippen molar-refractivity contribution in [2.24, 2.45) is 5.92 Å². The minimum absolute atomic E-state index is 0.0107. The first kappa shape index (κ1) is 18.7. The maximum Gasteiger partial charge on any atom is 0.228 e. The number of amides is 2. The fourth-order valence-corrected chi connectivity index (χ4v) is 3.38. The number of benzene rings is 1. The summed E-state index contributed by atoms with van der Waals surface area (Å²) in [6.07, 6.45) is 2.67. The van der Waals surface area contributed by atoms with Gasteiger partial charge in [0.1, 0.15) is 5.76 Å². The van der Waals surface area contributed by atoms with Gasteiger partial charge >= 0.3 is 0 Å². The van der Waals surface area contributed by atoms with E-state index in [2.05, 4.69) is 6.07 Å². The van der Waals surface area contributed by atoms with Gasteiger partial charge in [0.15, 0.2) is 0 Å². The van der Waals surface area contributed by atoms with Crippen molar-refractivity contribution in [1.82, 2.24) is 9.80 Å². The van der Waals surface area contributed by atoms with Gasteiger partial charge in [0.25, 0.3) is 0 Å². The summed E-state index contributed by atoms with van der Waals surface area (Å²) in [7, 11) is 0. The van der Waals surface area contributed by atoms with Crippen molar-refractivity contribution < 1.29 is 14.0 Å². The van der Waals surface area contributed by atoms with E-state index < -0.39 is 0 Å². The molecule has 2 aromatic rings. The molecule has 27 heavy (non-hydrogen) atoms. The highest BCUT2D eigenvalue weighted by molar-refractivity contribution is 5.89. The van der Waals surface area contributed by atoms with E-state index in [1.54, 1.807) is 29.4 Å². The molecule has 3 rings (SSSR count). The van der Waals surface area contributed by atoms with Gasteiger partial charge in [-0.1, -0.05) is 19.1 Å². The molecule has 1 saturated heterocycles. The standard InChI is InChI=1S/C21H23N3O3/c1-2-9-23(13-17-7-5-16(12-22)6-8-17)21(26)18-11-20(25)24(14-18)15-19-4-3-10-27-19/h3-8,10,18H,2,9,11,13-15H2,1H3/t18-/m1/s1. The second kappa shape index (κ2) is 8.54. The summed E-state index contributed by atoms with van der Waals surface area (Å²) in [4.78, 5) is 28.8. The Morgan fingerprint density at radius 3 is 2.74 bits per heavy atom. The second-order valence-electron chi connectivity index (χ2n) is 6.82. The number of hydrogen-bond donors (Lipinski definition) is 0. The molecule has 1 atom stereocenters. The summed E-state index contributed by atoms with van der Waals surface area (Å²) in [5.41, 5.74) is 1.58. The number of likely N-dealkylation sites (tertiary alicyclic amines) is 1. The lowest BCUT2D eigenvalue weighted by Crippen LogP contribution is -2.37. The van der Waals surface area contributed by atoms with Gasteiger partial charge in [-0.2, -0.15) is 5.26 Å². The second-order valence-corrected chi connectivity index (χ2v) is 6.82. The zero-order valence-corrected chi connectivity index (χ0v) is 15.4. The molecule has 2 amide bonds. The number of nitrogens with zero attached hydrogens (tertiary/aromatic N) is 3. The zero-order valence-electron chi connectivity index (χ0n) is 15.4. The smallest absolute Gasteiger partial charge is 0.228 e. The molecule has 1 aliphatic rings. The van der Waals surface area contributed by atoms with Crippen LogP contribution in [0.15, 0.2) is 47.1 Å². The normalized spacial score (nSPS) is 16.4. The molecule has 0 radical (unpaired) electrons. The van der Waals surface area contributed by atoms with Crippen LogP contribution in [-0.4, -0.2) is 34.7 Å². The molecule has 1 aromatic carbocycles. The number of hydrogen-bond acceptors (Lipinski definition) is 4. The largest absolute Gasteiger partial charge is 0.467 e. The van der Waals surface area contributed by atoms with Crippen LogP contribution in [0.1, 0.15) is 36.7 Å². The Morgan fingerprint density at radius 2 is 2.11 bits per heavy atom. The minimum atomic E-state index is -0.322. The summed E-state index contributed by atoms with van der Waals surface area (Å²) in [6, 6.07) is 13.0. The molecule has 0 N–H and O–H groups in total. The predicted molar refractivity (Wildman–Crippen MR) is 99.1 cm³/mol. The van der Waals surface area contributed by atoms with Crippen molar-refractivity contribution in [2.75, 3.05) is 13.1 Å². The lowest BCUT2D eigenvalue weighted by atomic mass is 10.1. The van der Waals surface area contributed by atoms with Crippen molar-refractivity contribution in [1.29, 1.82) is 5.26 Å². The predicted octanol–water partition coefficient (Wildman–Crippen LogP) is 2.94. The number of rotatable bonds is 7. The highest BCUT2D eigenvalue weighted by atomic mass is 16.3. The molecule has 6 nitrogen and oxygen atoms in total. The van der Waals surface area contributed by atoms with Crippen molar-refractivity contribution >= 4 is 11.8 Å². The Morgan fingerprint density at radius 1 is 1.33 bits per heavy atom. The molecular weight excluding hydrogens is 342 g/mol. The maximum atomic E-state index is 13.0. The van der Waals surface area contributed by atoms with Gasteiger partial charge < -0.3 is 14.2 Å². The van der Waals surface area contributed by atoms with Crippen LogP contribution in [0, 0.1) is 17.2 Å². The first-order valence-electron chi connectivity index (χ1n) is 9.18. The molecule has 0 unspecified atom stereocenters. The molecule has 1 aromatic heterocycles. The van der Waals surface area contributed by atoms with E-state index in [4.69, 9.17) is 9.68 Å². The van der Waals surface area contributed by atoms with E-state index in [1.807, 2.05) is 30.0 Å². The van der Waals surface area contributed by atoms with Gasteiger partial charge in [-0.15, -0.1) is 0 Å². The SMILES string of the molecule is CCCN(Cc1ccc(C#N)cc1)C(=O)[C@@H]1CC(=O)N(Cc2ccco2)C1. The summed E-state index contributed by atoms with van der Waals surface area (Å²) in [5.74, 6) is 0.396. The molecule has 1 fully saturated rings. The first-order valence-corrected chi connectivity index (χ1v) is 9.18. The van der Waals surface area contributed by atoms with Crippen molar-refractivity contribution in [3.05, 3.63) is 59.5 Å². The molecule has 2 heterocycles. The van der Waals surface area contributed by atoms with Crippen LogP contribution in [0.2, 0.25) is 0 Å². The quantitative estimate of drug-likeness (QED) is 0.756. The number of carbonyl (C=O) groups is 2. The average Bonchev–Trinajstić information content (AvgIpc) is 3.32. The summed E-state index contributed by atoms with van der Waals surface area (Å²) in [6.45, 7) is 3.98. The number of furan rings is 1. The third kappa shape index (κ3) is 4.56. The lowest BCUT2D eigenvalue weighted by Gasteiger charge is -2.25. The van der Waals surface area contributed by atoms with E-state index in [1.165, 1.54) is 0 Å². The van der Waals surface area contributed by atoms with Gasteiger partial charge in [-0.25, -0.2) is 0 Å².